The Bertz CT molecular complexity index is 1040. The summed E-state index contributed by atoms with van der Waals surface area (Å²) in [6.45, 7) is 0. The Balaban J connectivity index is 1.72. The predicted molar refractivity (Wildman–Crippen MR) is 106 cm³/mol. The molecule has 0 saturated heterocycles. The number of nitrogens with one attached hydrogen (secondary N) is 1. The fraction of sp³-hybridized carbons (Fsp3) is 0.0500. The molecule has 6 nitrogen and oxygen atoms in total. The summed E-state index contributed by atoms with van der Waals surface area (Å²) < 4.78 is 0. The quantitative estimate of drug-likeness (QED) is 0.581. The molecule has 0 fully saturated rings. The molecule has 0 radical (unpaired) electrons. The zero-order valence-electron chi connectivity index (χ0n) is 14.3. The molecule has 0 amide bonds. The van der Waals surface area contributed by atoms with Crippen LogP contribution in [0.2, 0.25) is 0 Å². The smallest absolute Gasteiger partial charge is 0.161 e. The maximum Gasteiger partial charge on any atom is 0.161 e. The van der Waals surface area contributed by atoms with Crippen LogP contribution in [0.3, 0.4) is 0 Å². The Kier molecular flexibility index (Phi) is 4.07. The topological polar surface area (TPSA) is 80.0 Å². The van der Waals surface area contributed by atoms with E-state index in [2.05, 4.69) is 20.3 Å². The summed E-state index contributed by atoms with van der Waals surface area (Å²) in [7, 11) is 1.93. The third kappa shape index (κ3) is 2.88. The highest BCUT2D eigenvalue weighted by Crippen LogP contribution is 2.33. The maximum absolute atomic E-state index is 6.37. The number of hydrogen-bond acceptors (Lipinski definition) is 6. The molecule has 4 rings (SSSR count). The molecule has 0 bridgehead atoms. The fourth-order valence-corrected chi connectivity index (χ4v) is 2.87. The Hall–Kier alpha value is -3.67. The lowest BCUT2D eigenvalue weighted by atomic mass is 10.2. The highest BCUT2D eigenvalue weighted by atomic mass is 15.2. The Morgan fingerprint density at radius 1 is 0.885 bits per heavy atom. The molecule has 0 aliphatic carbocycles. The van der Waals surface area contributed by atoms with E-state index in [9.17, 15) is 0 Å². The molecule has 3 N–H and O–H groups in total. The molecule has 2 heterocycles. The second-order valence-electron chi connectivity index (χ2n) is 5.85. The number of rotatable bonds is 4. The second-order valence-corrected chi connectivity index (χ2v) is 5.85. The van der Waals surface area contributed by atoms with Crippen molar-refractivity contribution in [1.82, 2.24) is 15.0 Å². The minimum Gasteiger partial charge on any atom is -0.393 e. The minimum atomic E-state index is 0.486. The zero-order valence-corrected chi connectivity index (χ0v) is 14.3. The Morgan fingerprint density at radius 2 is 1.73 bits per heavy atom. The van der Waals surface area contributed by atoms with Crippen LogP contribution in [0.5, 0.6) is 0 Å². The first kappa shape index (κ1) is 15.8. The average Bonchev–Trinajstić information content (AvgIpc) is 2.70. The molecule has 0 unspecified atom stereocenters. The van der Waals surface area contributed by atoms with Crippen LogP contribution in [0.4, 0.5) is 28.7 Å². The lowest BCUT2D eigenvalue weighted by Crippen LogP contribution is -2.15. The number of fused-ring (bicyclic) bond motifs is 1. The normalized spacial score (nSPS) is 10.7. The molecule has 0 atom stereocenters. The Morgan fingerprint density at radius 3 is 2.58 bits per heavy atom. The van der Waals surface area contributed by atoms with Gasteiger partial charge in [-0.1, -0.05) is 24.3 Å². The van der Waals surface area contributed by atoms with Crippen molar-refractivity contribution >= 4 is 39.6 Å². The van der Waals surface area contributed by atoms with E-state index in [1.54, 1.807) is 6.20 Å². The van der Waals surface area contributed by atoms with Crippen LogP contribution in [0.1, 0.15) is 0 Å². The predicted octanol–water partition coefficient (Wildman–Crippen LogP) is 4.12. The van der Waals surface area contributed by atoms with E-state index in [0.29, 0.717) is 17.3 Å². The minimum absolute atomic E-state index is 0.486. The van der Waals surface area contributed by atoms with Crippen LogP contribution < -0.4 is 16.0 Å². The van der Waals surface area contributed by atoms with Gasteiger partial charge in [0.2, 0.25) is 0 Å². The van der Waals surface area contributed by atoms with E-state index in [1.807, 2.05) is 72.6 Å². The van der Waals surface area contributed by atoms with Gasteiger partial charge >= 0.3 is 0 Å². The molecule has 26 heavy (non-hydrogen) atoms. The van der Waals surface area contributed by atoms with Gasteiger partial charge in [-0.05, 0) is 36.4 Å². The van der Waals surface area contributed by atoms with Gasteiger partial charge in [-0.15, -0.1) is 0 Å². The van der Waals surface area contributed by atoms with Crippen molar-refractivity contribution in [1.29, 1.82) is 0 Å². The molecule has 2 aromatic carbocycles. The van der Waals surface area contributed by atoms with Crippen molar-refractivity contribution in [3.8, 4) is 0 Å². The van der Waals surface area contributed by atoms with Crippen LogP contribution >= 0.6 is 0 Å². The summed E-state index contributed by atoms with van der Waals surface area (Å²) in [4.78, 5) is 15.0. The molecule has 0 spiro atoms. The molecular weight excluding hydrogens is 324 g/mol. The maximum atomic E-state index is 6.37. The number of aromatic nitrogens is 3. The summed E-state index contributed by atoms with van der Waals surface area (Å²) in [6.07, 6.45) is 3.29. The van der Waals surface area contributed by atoms with Crippen LogP contribution in [0.25, 0.3) is 10.9 Å². The molecule has 0 aliphatic rings. The number of pyridine rings is 1. The molecule has 128 valence electrons. The van der Waals surface area contributed by atoms with Gasteiger partial charge in [0.05, 0.1) is 5.52 Å². The van der Waals surface area contributed by atoms with Crippen molar-refractivity contribution < 1.29 is 0 Å². The lowest BCUT2D eigenvalue weighted by molar-refractivity contribution is 1.09. The molecular formula is C20H18N6. The van der Waals surface area contributed by atoms with Crippen LogP contribution in [0.15, 0.2) is 73.2 Å². The van der Waals surface area contributed by atoms with Crippen molar-refractivity contribution in [2.45, 2.75) is 0 Å². The highest BCUT2D eigenvalue weighted by Gasteiger charge is 2.14. The van der Waals surface area contributed by atoms with E-state index < -0.39 is 0 Å². The third-order valence-corrected chi connectivity index (χ3v) is 4.22. The lowest BCUT2D eigenvalue weighted by Gasteiger charge is -2.21. The standard InChI is InChI=1S/C20H18N6/c1-26(14-7-3-2-4-8-14)20-18(21)19(23-13-24-20)25-17-11-5-10-16-15(17)9-6-12-22-16/h2-13H,21H2,1H3,(H,23,24,25). The SMILES string of the molecule is CN(c1ccccc1)c1ncnc(Nc2cccc3ncccc23)c1N. The van der Waals surface area contributed by atoms with Crippen LogP contribution in [0, 0.1) is 0 Å². The van der Waals surface area contributed by atoms with Gasteiger partial charge in [0.1, 0.15) is 12.0 Å². The molecule has 4 aromatic rings. The third-order valence-electron chi connectivity index (χ3n) is 4.22. The van der Waals surface area contributed by atoms with Gasteiger partial charge in [0.25, 0.3) is 0 Å². The molecule has 2 aromatic heterocycles. The number of hydrogen-bond donors (Lipinski definition) is 2. The number of para-hydroxylation sites is 1. The number of nitrogen functional groups attached to an aromatic ring is 1. The largest absolute Gasteiger partial charge is 0.393 e. The van der Waals surface area contributed by atoms with Gasteiger partial charge in [-0.3, -0.25) is 4.98 Å². The Labute approximate surface area is 151 Å². The number of benzene rings is 2. The van der Waals surface area contributed by atoms with Gasteiger partial charge in [0, 0.05) is 30.0 Å². The number of anilines is 5. The summed E-state index contributed by atoms with van der Waals surface area (Å²) in [5.74, 6) is 1.21. The van der Waals surface area contributed by atoms with Crippen molar-refractivity contribution in [2.75, 3.05) is 23.0 Å². The monoisotopic (exact) mass is 342 g/mol. The fourth-order valence-electron chi connectivity index (χ4n) is 2.87. The first-order valence-electron chi connectivity index (χ1n) is 8.24. The van der Waals surface area contributed by atoms with E-state index in [0.717, 1.165) is 22.3 Å². The number of nitrogens with two attached hydrogens (primary N) is 1. The van der Waals surface area contributed by atoms with Crippen molar-refractivity contribution in [3.05, 3.63) is 73.2 Å². The summed E-state index contributed by atoms with van der Waals surface area (Å²) in [5.41, 5.74) is 9.66. The van der Waals surface area contributed by atoms with E-state index in [4.69, 9.17) is 5.73 Å². The van der Waals surface area contributed by atoms with Gasteiger partial charge in [-0.2, -0.15) is 0 Å². The first-order chi connectivity index (χ1) is 12.7. The first-order valence-corrected chi connectivity index (χ1v) is 8.24. The van der Waals surface area contributed by atoms with Crippen molar-refractivity contribution in [2.24, 2.45) is 0 Å². The van der Waals surface area contributed by atoms with Crippen LogP contribution in [-0.4, -0.2) is 22.0 Å². The number of nitrogens with zero attached hydrogens (tertiary/aromatic N) is 4. The summed E-state index contributed by atoms with van der Waals surface area (Å²) in [5, 5.41) is 4.32. The van der Waals surface area contributed by atoms with Crippen LogP contribution in [-0.2, 0) is 0 Å². The summed E-state index contributed by atoms with van der Waals surface area (Å²) >= 11 is 0. The van der Waals surface area contributed by atoms with Gasteiger partial charge < -0.3 is 16.0 Å². The molecule has 0 saturated carbocycles. The van der Waals surface area contributed by atoms with E-state index in [1.165, 1.54) is 6.33 Å². The van der Waals surface area contributed by atoms with Gasteiger partial charge in [0.15, 0.2) is 11.6 Å². The molecule has 0 aliphatic heterocycles. The van der Waals surface area contributed by atoms with Gasteiger partial charge in [-0.25, -0.2) is 9.97 Å². The highest BCUT2D eigenvalue weighted by molar-refractivity contribution is 5.94. The molecule has 6 heteroatoms. The van der Waals surface area contributed by atoms with E-state index >= 15 is 0 Å². The summed E-state index contributed by atoms with van der Waals surface area (Å²) in [6, 6.07) is 19.8. The van der Waals surface area contributed by atoms with Crippen molar-refractivity contribution in [3.63, 3.8) is 0 Å². The zero-order chi connectivity index (χ0) is 17.9. The second kappa shape index (κ2) is 6.68. The van der Waals surface area contributed by atoms with E-state index in [-0.39, 0.29) is 0 Å². The average molecular weight is 342 g/mol.